The van der Waals surface area contributed by atoms with Crippen molar-refractivity contribution in [3.8, 4) is 6.07 Å². The average molecular weight is 506 g/mol. The number of nitrogens with one attached hydrogen (secondary N) is 2. The molecule has 2 atom stereocenters. The number of halogens is 5. The molecule has 1 fully saturated rings. The van der Waals surface area contributed by atoms with Crippen molar-refractivity contribution in [1.82, 2.24) is 5.32 Å². The Labute approximate surface area is 198 Å². The summed E-state index contributed by atoms with van der Waals surface area (Å²) in [5.41, 5.74) is 1.18. The van der Waals surface area contributed by atoms with Gasteiger partial charge in [-0.15, -0.1) is 23.2 Å². The highest BCUT2D eigenvalue weighted by atomic mass is 35.5. The Kier molecular flexibility index (Phi) is 7.06. The van der Waals surface area contributed by atoms with Crippen molar-refractivity contribution in [1.29, 1.82) is 5.26 Å². The second-order valence-corrected chi connectivity index (χ2v) is 9.40. The number of alkyl halides is 2. The number of anilines is 1. The van der Waals surface area contributed by atoms with Gasteiger partial charge in [-0.1, -0.05) is 34.8 Å². The standard InChI is InChI=1S/C20H14Cl5N3O2/c21-11-6-10(7-12(22)8-11)16-17(20(16,24)25)19(30)28-13-2-3-15(23)14(9-13)18(29)27-5-1-4-26/h2-3,6-9,16-17H,1,5H2,(H,27,29)(H,28,30). The SMILES string of the molecule is N#CCCNC(=O)c1cc(NC(=O)C2C(c3cc(Cl)cc(Cl)c3)C2(Cl)Cl)ccc1Cl. The molecule has 156 valence electrons. The highest BCUT2D eigenvalue weighted by molar-refractivity contribution is 6.53. The third-order valence-electron chi connectivity index (χ3n) is 4.58. The van der Waals surface area contributed by atoms with Crippen molar-refractivity contribution in [2.75, 3.05) is 11.9 Å². The number of carbonyl (C=O) groups is 2. The molecular formula is C20H14Cl5N3O2. The molecule has 5 nitrogen and oxygen atoms in total. The largest absolute Gasteiger partial charge is 0.351 e. The molecule has 0 bridgehead atoms. The highest BCUT2D eigenvalue weighted by Gasteiger charge is 2.67. The van der Waals surface area contributed by atoms with Crippen LogP contribution >= 0.6 is 58.0 Å². The number of nitrogens with zero attached hydrogens (tertiary/aromatic N) is 1. The van der Waals surface area contributed by atoms with E-state index in [9.17, 15) is 9.59 Å². The summed E-state index contributed by atoms with van der Waals surface area (Å²) >= 11 is 30.9. The molecule has 0 spiro atoms. The number of carbonyl (C=O) groups excluding carboxylic acids is 2. The van der Waals surface area contributed by atoms with Crippen LogP contribution in [0.15, 0.2) is 36.4 Å². The van der Waals surface area contributed by atoms with Crippen molar-refractivity contribution in [3.63, 3.8) is 0 Å². The van der Waals surface area contributed by atoms with Gasteiger partial charge in [0.05, 0.1) is 29.0 Å². The zero-order valence-electron chi connectivity index (χ0n) is 15.2. The van der Waals surface area contributed by atoms with Gasteiger partial charge in [-0.25, -0.2) is 0 Å². The first-order chi connectivity index (χ1) is 14.1. The van der Waals surface area contributed by atoms with Crippen LogP contribution < -0.4 is 10.6 Å². The van der Waals surface area contributed by atoms with Crippen LogP contribution in [-0.4, -0.2) is 22.7 Å². The minimum Gasteiger partial charge on any atom is -0.351 e. The molecule has 2 aromatic carbocycles. The Morgan fingerprint density at radius 3 is 2.37 bits per heavy atom. The summed E-state index contributed by atoms with van der Waals surface area (Å²) in [5.74, 6) is -2.09. The van der Waals surface area contributed by atoms with Crippen molar-refractivity contribution in [3.05, 3.63) is 62.6 Å². The van der Waals surface area contributed by atoms with Crippen LogP contribution in [0.4, 0.5) is 5.69 Å². The first kappa shape index (κ1) is 23.0. The molecule has 0 radical (unpaired) electrons. The number of nitriles is 1. The van der Waals surface area contributed by atoms with Crippen molar-refractivity contribution >= 4 is 75.5 Å². The Morgan fingerprint density at radius 2 is 1.73 bits per heavy atom. The van der Waals surface area contributed by atoms with E-state index in [0.29, 0.717) is 21.3 Å². The molecule has 2 aromatic rings. The third kappa shape index (κ3) is 4.96. The molecule has 3 rings (SSSR count). The van der Waals surface area contributed by atoms with Crippen LogP contribution in [0, 0.1) is 17.2 Å². The van der Waals surface area contributed by atoms with Crippen LogP contribution in [0.25, 0.3) is 0 Å². The summed E-state index contributed by atoms with van der Waals surface area (Å²) in [7, 11) is 0. The van der Waals surface area contributed by atoms with Gasteiger partial charge in [0.1, 0.15) is 4.33 Å². The fourth-order valence-corrected chi connectivity index (χ4v) is 4.72. The van der Waals surface area contributed by atoms with Crippen molar-refractivity contribution < 1.29 is 9.59 Å². The topological polar surface area (TPSA) is 82.0 Å². The van der Waals surface area contributed by atoms with Gasteiger partial charge in [0, 0.05) is 28.2 Å². The van der Waals surface area contributed by atoms with Crippen molar-refractivity contribution in [2.24, 2.45) is 5.92 Å². The van der Waals surface area contributed by atoms with E-state index in [-0.39, 0.29) is 23.6 Å². The molecule has 2 amide bonds. The predicted molar refractivity (Wildman–Crippen MR) is 120 cm³/mol. The Hall–Kier alpha value is -1.68. The molecule has 0 aliphatic heterocycles. The third-order valence-corrected chi connectivity index (χ3v) is 6.29. The minimum atomic E-state index is -1.32. The molecular weight excluding hydrogens is 492 g/mol. The first-order valence-electron chi connectivity index (χ1n) is 8.74. The van der Waals surface area contributed by atoms with Crippen LogP contribution in [0.2, 0.25) is 15.1 Å². The predicted octanol–water partition coefficient (Wildman–Crippen LogP) is 5.82. The molecule has 10 heteroatoms. The molecule has 1 aliphatic rings. The minimum absolute atomic E-state index is 0.171. The highest BCUT2D eigenvalue weighted by Crippen LogP contribution is 2.65. The lowest BCUT2D eigenvalue weighted by Gasteiger charge is -2.10. The van der Waals surface area contributed by atoms with Gasteiger partial charge in [0.15, 0.2) is 0 Å². The molecule has 2 N–H and O–H groups in total. The fraction of sp³-hybridized carbons (Fsp3) is 0.250. The maximum absolute atomic E-state index is 12.8. The number of amides is 2. The quantitative estimate of drug-likeness (QED) is 0.384. The lowest BCUT2D eigenvalue weighted by Crippen LogP contribution is -2.25. The lowest BCUT2D eigenvalue weighted by atomic mass is 10.1. The summed E-state index contributed by atoms with van der Waals surface area (Å²) in [4.78, 5) is 25.0. The molecule has 2 unspecified atom stereocenters. The van der Waals surface area contributed by atoms with Crippen LogP contribution in [-0.2, 0) is 4.79 Å². The second kappa shape index (κ2) is 9.21. The lowest BCUT2D eigenvalue weighted by molar-refractivity contribution is -0.117. The molecule has 1 aliphatic carbocycles. The van der Waals surface area contributed by atoms with E-state index in [0.717, 1.165) is 0 Å². The maximum Gasteiger partial charge on any atom is 0.252 e. The summed E-state index contributed by atoms with van der Waals surface area (Å²) in [6, 6.07) is 11.3. The zero-order chi connectivity index (χ0) is 22.1. The Balaban J connectivity index is 1.75. The smallest absolute Gasteiger partial charge is 0.252 e. The molecule has 30 heavy (non-hydrogen) atoms. The first-order valence-corrected chi connectivity index (χ1v) is 10.6. The number of benzene rings is 2. The monoisotopic (exact) mass is 503 g/mol. The van der Waals surface area contributed by atoms with E-state index in [2.05, 4.69) is 10.6 Å². The maximum atomic E-state index is 12.8. The van der Waals surface area contributed by atoms with Crippen LogP contribution in [0.5, 0.6) is 0 Å². The number of hydrogen-bond donors (Lipinski definition) is 2. The van der Waals surface area contributed by atoms with Gasteiger partial charge in [-0.05, 0) is 42.0 Å². The molecule has 0 aromatic heterocycles. The Morgan fingerprint density at radius 1 is 1.07 bits per heavy atom. The van der Waals surface area contributed by atoms with Crippen LogP contribution in [0.1, 0.15) is 28.3 Å². The van der Waals surface area contributed by atoms with Crippen LogP contribution in [0.3, 0.4) is 0 Å². The summed E-state index contributed by atoms with van der Waals surface area (Å²) in [6.45, 7) is 0.190. The van der Waals surface area contributed by atoms with E-state index in [1.54, 1.807) is 24.3 Å². The molecule has 0 saturated heterocycles. The summed E-state index contributed by atoms with van der Waals surface area (Å²) in [5, 5.41) is 14.9. The molecule has 0 heterocycles. The number of rotatable bonds is 6. The summed E-state index contributed by atoms with van der Waals surface area (Å²) < 4.78 is -1.32. The van der Waals surface area contributed by atoms with Crippen molar-refractivity contribution in [2.45, 2.75) is 16.7 Å². The normalized spacial score (nSPS) is 18.9. The number of hydrogen-bond acceptors (Lipinski definition) is 3. The summed E-state index contributed by atoms with van der Waals surface area (Å²) in [6.07, 6.45) is 0.171. The fourth-order valence-electron chi connectivity index (χ4n) is 3.15. The molecule has 1 saturated carbocycles. The zero-order valence-corrected chi connectivity index (χ0v) is 19.0. The van der Waals surface area contributed by atoms with Gasteiger partial charge in [-0.2, -0.15) is 5.26 Å². The second-order valence-electron chi connectivity index (χ2n) is 6.68. The van der Waals surface area contributed by atoms with Gasteiger partial charge in [0.25, 0.3) is 5.91 Å². The van der Waals surface area contributed by atoms with Gasteiger partial charge >= 0.3 is 0 Å². The Bertz CT molecular complexity index is 1030. The van der Waals surface area contributed by atoms with E-state index >= 15 is 0 Å². The van der Waals surface area contributed by atoms with Gasteiger partial charge in [0.2, 0.25) is 5.91 Å². The van der Waals surface area contributed by atoms with E-state index in [1.807, 2.05) is 6.07 Å². The van der Waals surface area contributed by atoms with E-state index in [1.165, 1.54) is 12.1 Å². The van der Waals surface area contributed by atoms with E-state index in [4.69, 9.17) is 63.3 Å². The van der Waals surface area contributed by atoms with Gasteiger partial charge in [-0.3, -0.25) is 9.59 Å². The van der Waals surface area contributed by atoms with Gasteiger partial charge < -0.3 is 10.6 Å². The average Bonchev–Trinajstić information content (AvgIpc) is 3.25. The van der Waals surface area contributed by atoms with E-state index < -0.39 is 28.0 Å².